The summed E-state index contributed by atoms with van der Waals surface area (Å²) in [5, 5.41) is 9.01. The van der Waals surface area contributed by atoms with Crippen molar-refractivity contribution in [1.29, 1.82) is 0 Å². The van der Waals surface area contributed by atoms with E-state index in [2.05, 4.69) is 0 Å². The van der Waals surface area contributed by atoms with Gasteiger partial charge in [-0.2, -0.15) is 0 Å². The average molecular weight is 198 g/mol. The molecule has 76 valence electrons. The van der Waals surface area contributed by atoms with Crippen LogP contribution in [0, 0.1) is 5.82 Å². The fourth-order valence-electron chi connectivity index (χ4n) is 1.29. The van der Waals surface area contributed by atoms with Crippen LogP contribution in [-0.2, 0) is 15.9 Å². The van der Waals surface area contributed by atoms with Crippen LogP contribution in [0.25, 0.3) is 0 Å². The number of rotatable bonds is 4. The van der Waals surface area contributed by atoms with E-state index in [9.17, 15) is 4.39 Å². The van der Waals surface area contributed by atoms with E-state index in [4.69, 9.17) is 14.4 Å². The summed E-state index contributed by atoms with van der Waals surface area (Å²) >= 11 is 0. The summed E-state index contributed by atoms with van der Waals surface area (Å²) in [7, 11) is 2.40. The second-order valence-corrected chi connectivity index (χ2v) is 2.80. The molecule has 0 saturated carbocycles. The van der Waals surface area contributed by atoms with Crippen molar-refractivity contribution >= 4 is 12.6 Å². The summed E-state index contributed by atoms with van der Waals surface area (Å²) in [6.45, 7) is -0.240. The van der Waals surface area contributed by atoms with Crippen molar-refractivity contribution in [2.45, 2.75) is 6.61 Å². The van der Waals surface area contributed by atoms with E-state index in [1.54, 1.807) is 6.07 Å². The van der Waals surface area contributed by atoms with Gasteiger partial charge in [-0.15, -0.1) is 0 Å². The highest BCUT2D eigenvalue weighted by molar-refractivity contribution is 6.61. The van der Waals surface area contributed by atoms with E-state index in [-0.39, 0.29) is 12.4 Å². The first kappa shape index (κ1) is 11.2. The van der Waals surface area contributed by atoms with Crippen molar-refractivity contribution in [1.82, 2.24) is 0 Å². The highest BCUT2D eigenvalue weighted by atomic mass is 19.1. The van der Waals surface area contributed by atoms with Gasteiger partial charge in [0.25, 0.3) is 0 Å². The molecule has 1 aromatic carbocycles. The summed E-state index contributed by atoms with van der Waals surface area (Å²) < 4.78 is 22.8. The molecule has 0 heterocycles. The highest BCUT2D eigenvalue weighted by Crippen LogP contribution is 2.03. The Morgan fingerprint density at radius 2 is 2.00 bits per heavy atom. The minimum absolute atomic E-state index is 0.240. The largest absolute Gasteiger partial charge is 0.493 e. The number of hydrogen-bond acceptors (Lipinski definition) is 3. The third-order valence-corrected chi connectivity index (χ3v) is 1.96. The van der Waals surface area contributed by atoms with E-state index in [1.807, 2.05) is 0 Å². The van der Waals surface area contributed by atoms with Crippen LogP contribution >= 0.6 is 0 Å². The van der Waals surface area contributed by atoms with Crippen molar-refractivity contribution in [2.75, 3.05) is 14.2 Å². The lowest BCUT2D eigenvalue weighted by molar-refractivity contribution is 0.276. The maximum absolute atomic E-state index is 12.8. The van der Waals surface area contributed by atoms with Gasteiger partial charge >= 0.3 is 7.12 Å². The molecule has 0 radical (unpaired) electrons. The molecular weight excluding hydrogens is 186 g/mol. The molecule has 1 N–H and O–H groups in total. The van der Waals surface area contributed by atoms with E-state index in [0.29, 0.717) is 11.0 Å². The average Bonchev–Trinajstić information content (AvgIpc) is 2.21. The van der Waals surface area contributed by atoms with Crippen LogP contribution in [-0.4, -0.2) is 26.4 Å². The lowest BCUT2D eigenvalue weighted by atomic mass is 9.76. The number of halogens is 1. The zero-order chi connectivity index (χ0) is 10.6. The zero-order valence-corrected chi connectivity index (χ0v) is 8.16. The van der Waals surface area contributed by atoms with Crippen LogP contribution in [0.1, 0.15) is 5.56 Å². The van der Waals surface area contributed by atoms with Crippen LogP contribution in [0.15, 0.2) is 18.2 Å². The van der Waals surface area contributed by atoms with Crippen molar-refractivity contribution < 1.29 is 18.8 Å². The van der Waals surface area contributed by atoms with Gasteiger partial charge in [0.1, 0.15) is 5.82 Å². The van der Waals surface area contributed by atoms with Gasteiger partial charge in [0.2, 0.25) is 0 Å². The van der Waals surface area contributed by atoms with E-state index < -0.39 is 7.12 Å². The summed E-state index contributed by atoms with van der Waals surface area (Å²) in [6, 6.07) is 4.11. The SMILES string of the molecule is COB(OC)c1ccc(F)cc1CO. The molecule has 0 spiro atoms. The molecule has 0 aromatic heterocycles. The second kappa shape index (κ2) is 5.09. The third kappa shape index (κ3) is 2.32. The summed E-state index contributed by atoms with van der Waals surface area (Å²) in [4.78, 5) is 0. The molecule has 14 heavy (non-hydrogen) atoms. The Balaban J connectivity index is 3.06. The van der Waals surface area contributed by atoms with Gasteiger partial charge in [-0.3, -0.25) is 0 Å². The fourth-order valence-corrected chi connectivity index (χ4v) is 1.29. The molecule has 0 atom stereocenters. The molecule has 0 amide bonds. The Labute approximate surface area is 82.6 Å². The summed E-state index contributed by atoms with van der Waals surface area (Å²) in [5.74, 6) is -0.385. The van der Waals surface area contributed by atoms with Crippen LogP contribution in [0.4, 0.5) is 4.39 Å². The van der Waals surface area contributed by atoms with E-state index >= 15 is 0 Å². The zero-order valence-electron chi connectivity index (χ0n) is 8.16. The Bertz CT molecular complexity index is 302. The molecular formula is C9H12BFO3. The minimum atomic E-state index is -0.572. The van der Waals surface area contributed by atoms with Crippen molar-refractivity contribution in [3.05, 3.63) is 29.6 Å². The first-order valence-corrected chi connectivity index (χ1v) is 4.17. The molecule has 1 aromatic rings. The molecule has 0 fully saturated rings. The maximum atomic E-state index is 12.8. The Kier molecular flexibility index (Phi) is 4.07. The molecule has 0 unspecified atom stereocenters. The van der Waals surface area contributed by atoms with E-state index in [1.165, 1.54) is 26.4 Å². The van der Waals surface area contributed by atoms with Crippen molar-refractivity contribution in [3.63, 3.8) is 0 Å². The molecule has 0 bridgehead atoms. The Morgan fingerprint density at radius 3 is 2.50 bits per heavy atom. The standard InChI is InChI=1S/C9H12BFO3/c1-13-10(14-2)9-4-3-8(11)5-7(9)6-12/h3-5,12H,6H2,1-2H3. The van der Waals surface area contributed by atoms with Crippen LogP contribution in [0.3, 0.4) is 0 Å². The Hall–Kier alpha value is -0.905. The molecule has 0 aliphatic heterocycles. The van der Waals surface area contributed by atoms with Crippen LogP contribution < -0.4 is 5.46 Å². The minimum Gasteiger partial charge on any atom is -0.410 e. The monoisotopic (exact) mass is 198 g/mol. The number of benzene rings is 1. The fraction of sp³-hybridized carbons (Fsp3) is 0.333. The molecule has 0 aliphatic carbocycles. The van der Waals surface area contributed by atoms with Gasteiger partial charge in [-0.25, -0.2) is 4.39 Å². The highest BCUT2D eigenvalue weighted by Gasteiger charge is 2.21. The lowest BCUT2D eigenvalue weighted by Crippen LogP contribution is -2.37. The van der Waals surface area contributed by atoms with Gasteiger partial charge in [0.05, 0.1) is 6.61 Å². The molecule has 0 saturated heterocycles. The summed E-state index contributed by atoms with van der Waals surface area (Å²) in [6.07, 6.45) is 0. The number of hydrogen-bond donors (Lipinski definition) is 1. The first-order chi connectivity index (χ1) is 6.72. The number of aliphatic hydroxyl groups excluding tert-OH is 1. The predicted octanol–water partition coefficient (Wildman–Crippen LogP) is 0.306. The topological polar surface area (TPSA) is 38.7 Å². The maximum Gasteiger partial charge on any atom is 0.493 e. The van der Waals surface area contributed by atoms with E-state index in [0.717, 1.165) is 0 Å². The molecule has 0 aliphatic rings. The van der Waals surface area contributed by atoms with Crippen LogP contribution in [0.2, 0.25) is 0 Å². The van der Waals surface area contributed by atoms with Gasteiger partial charge in [0.15, 0.2) is 0 Å². The van der Waals surface area contributed by atoms with Gasteiger partial charge in [0, 0.05) is 14.2 Å². The first-order valence-electron chi connectivity index (χ1n) is 4.17. The van der Waals surface area contributed by atoms with Crippen LogP contribution in [0.5, 0.6) is 0 Å². The number of aliphatic hydroxyl groups is 1. The van der Waals surface area contributed by atoms with Gasteiger partial charge in [-0.05, 0) is 23.2 Å². The summed E-state index contributed by atoms with van der Waals surface area (Å²) in [5.41, 5.74) is 1.11. The van der Waals surface area contributed by atoms with Gasteiger partial charge in [-0.1, -0.05) is 6.07 Å². The lowest BCUT2D eigenvalue weighted by Gasteiger charge is -2.12. The van der Waals surface area contributed by atoms with Crippen molar-refractivity contribution in [3.8, 4) is 0 Å². The van der Waals surface area contributed by atoms with Gasteiger partial charge < -0.3 is 14.4 Å². The Morgan fingerprint density at radius 1 is 1.36 bits per heavy atom. The molecule has 3 nitrogen and oxygen atoms in total. The smallest absolute Gasteiger partial charge is 0.410 e. The quantitative estimate of drug-likeness (QED) is 0.707. The predicted molar refractivity (Wildman–Crippen MR) is 51.7 cm³/mol. The second-order valence-electron chi connectivity index (χ2n) is 2.80. The normalized spacial score (nSPS) is 10.3. The molecule has 1 rings (SSSR count). The molecule has 5 heteroatoms. The third-order valence-electron chi connectivity index (χ3n) is 1.96. The van der Waals surface area contributed by atoms with Crippen molar-refractivity contribution in [2.24, 2.45) is 0 Å².